The van der Waals surface area contributed by atoms with Crippen LogP contribution in [0, 0.1) is 5.92 Å². The molecule has 0 saturated carbocycles. The monoisotopic (exact) mass is 298 g/mol. The Morgan fingerprint density at radius 3 is 2.00 bits per heavy atom. The number of hydrogen-bond acceptors (Lipinski definition) is 3. The number of carboxylic acids is 1. The summed E-state index contributed by atoms with van der Waals surface area (Å²) < 4.78 is 5.26. The molecule has 114 valence electrons. The van der Waals surface area contributed by atoms with Gasteiger partial charge in [-0.05, 0) is 17.5 Å². The van der Waals surface area contributed by atoms with Gasteiger partial charge in [-0.2, -0.15) is 0 Å². The van der Waals surface area contributed by atoms with Crippen LogP contribution in [-0.2, 0) is 27.4 Å². The van der Waals surface area contributed by atoms with Gasteiger partial charge in [0.1, 0.15) is 6.61 Å². The molecule has 0 aliphatic rings. The summed E-state index contributed by atoms with van der Waals surface area (Å²) in [5.74, 6) is -2.16. The fraction of sp³-hybridized carbons (Fsp3) is 0.222. The van der Waals surface area contributed by atoms with E-state index in [4.69, 9.17) is 9.84 Å². The standard InChI is InChI=1S/C18H18O4/c19-17(20)12-16(11-14-7-3-1-4-8-14)18(21)22-13-15-9-5-2-6-10-15/h1-10,16H,11-13H2,(H,19,20)/t16-/m1/s1. The van der Waals surface area contributed by atoms with Gasteiger partial charge in [0.25, 0.3) is 0 Å². The first kappa shape index (κ1) is 15.8. The smallest absolute Gasteiger partial charge is 0.310 e. The lowest BCUT2D eigenvalue weighted by Gasteiger charge is -2.14. The molecule has 0 aromatic heterocycles. The van der Waals surface area contributed by atoms with Crippen molar-refractivity contribution in [1.82, 2.24) is 0 Å². The molecule has 1 atom stereocenters. The van der Waals surface area contributed by atoms with Gasteiger partial charge in [-0.3, -0.25) is 9.59 Å². The third kappa shape index (κ3) is 5.05. The first-order valence-corrected chi connectivity index (χ1v) is 7.11. The number of carboxylic acid groups (broad SMARTS) is 1. The second-order valence-corrected chi connectivity index (χ2v) is 5.08. The van der Waals surface area contributed by atoms with Crippen LogP contribution in [0.3, 0.4) is 0 Å². The Morgan fingerprint density at radius 1 is 0.909 bits per heavy atom. The van der Waals surface area contributed by atoms with Crippen molar-refractivity contribution >= 4 is 11.9 Å². The molecule has 0 unspecified atom stereocenters. The van der Waals surface area contributed by atoms with E-state index in [-0.39, 0.29) is 13.0 Å². The molecule has 0 aliphatic heterocycles. The largest absolute Gasteiger partial charge is 0.481 e. The number of benzene rings is 2. The number of carbonyl (C=O) groups excluding carboxylic acids is 1. The van der Waals surface area contributed by atoms with Crippen LogP contribution in [0.15, 0.2) is 60.7 Å². The van der Waals surface area contributed by atoms with Crippen LogP contribution in [-0.4, -0.2) is 17.0 Å². The minimum atomic E-state index is -1.00. The maximum Gasteiger partial charge on any atom is 0.310 e. The van der Waals surface area contributed by atoms with Gasteiger partial charge in [0.2, 0.25) is 0 Å². The van der Waals surface area contributed by atoms with Gasteiger partial charge in [0, 0.05) is 0 Å². The van der Waals surface area contributed by atoms with Crippen LogP contribution in [0.5, 0.6) is 0 Å². The quantitative estimate of drug-likeness (QED) is 0.798. The lowest BCUT2D eigenvalue weighted by molar-refractivity contribution is -0.154. The van der Waals surface area contributed by atoms with Crippen molar-refractivity contribution in [3.8, 4) is 0 Å². The zero-order valence-electron chi connectivity index (χ0n) is 12.1. The fourth-order valence-corrected chi connectivity index (χ4v) is 2.19. The Balaban J connectivity index is 1.98. The van der Waals surface area contributed by atoms with E-state index in [1.807, 2.05) is 60.7 Å². The Bertz CT molecular complexity index is 607. The number of ether oxygens (including phenoxy) is 1. The Labute approximate surface area is 129 Å². The van der Waals surface area contributed by atoms with Gasteiger partial charge in [-0.1, -0.05) is 60.7 Å². The third-order valence-electron chi connectivity index (χ3n) is 3.30. The number of carbonyl (C=O) groups is 2. The van der Waals surface area contributed by atoms with E-state index in [9.17, 15) is 9.59 Å². The summed E-state index contributed by atoms with van der Waals surface area (Å²) in [6.45, 7) is 0.157. The van der Waals surface area contributed by atoms with Crippen LogP contribution in [0.1, 0.15) is 17.5 Å². The summed E-state index contributed by atoms with van der Waals surface area (Å²) >= 11 is 0. The van der Waals surface area contributed by atoms with E-state index in [1.165, 1.54) is 0 Å². The molecule has 0 heterocycles. The SMILES string of the molecule is O=C(O)C[C@@H](Cc1ccccc1)C(=O)OCc1ccccc1. The molecule has 0 aliphatic carbocycles. The first-order chi connectivity index (χ1) is 10.6. The highest BCUT2D eigenvalue weighted by Gasteiger charge is 2.23. The lowest BCUT2D eigenvalue weighted by Crippen LogP contribution is -2.23. The molecule has 2 rings (SSSR count). The second kappa shape index (κ2) is 7.98. The van der Waals surface area contributed by atoms with Gasteiger partial charge >= 0.3 is 11.9 Å². The molecule has 0 bridgehead atoms. The van der Waals surface area contributed by atoms with Crippen molar-refractivity contribution < 1.29 is 19.4 Å². The van der Waals surface area contributed by atoms with E-state index < -0.39 is 17.9 Å². The number of hydrogen-bond donors (Lipinski definition) is 1. The van der Waals surface area contributed by atoms with Crippen molar-refractivity contribution in [2.75, 3.05) is 0 Å². The number of esters is 1. The molecule has 0 fully saturated rings. The van der Waals surface area contributed by atoms with Crippen LogP contribution < -0.4 is 0 Å². The van der Waals surface area contributed by atoms with Crippen molar-refractivity contribution in [3.63, 3.8) is 0 Å². The zero-order valence-corrected chi connectivity index (χ0v) is 12.1. The highest BCUT2D eigenvalue weighted by molar-refractivity contribution is 5.79. The Morgan fingerprint density at radius 2 is 1.45 bits per heavy atom. The minimum absolute atomic E-state index is 0.157. The summed E-state index contributed by atoms with van der Waals surface area (Å²) in [5, 5.41) is 8.99. The van der Waals surface area contributed by atoms with Crippen LogP contribution >= 0.6 is 0 Å². The van der Waals surface area contributed by atoms with Crippen molar-refractivity contribution in [3.05, 3.63) is 71.8 Å². The van der Waals surface area contributed by atoms with Crippen LogP contribution in [0.2, 0.25) is 0 Å². The molecular weight excluding hydrogens is 280 g/mol. The predicted octanol–water partition coefficient (Wildman–Crippen LogP) is 3.06. The van der Waals surface area contributed by atoms with E-state index in [0.29, 0.717) is 6.42 Å². The van der Waals surface area contributed by atoms with Gasteiger partial charge in [-0.25, -0.2) is 0 Å². The Hall–Kier alpha value is -2.62. The molecular formula is C18H18O4. The number of rotatable bonds is 7. The lowest BCUT2D eigenvalue weighted by atomic mass is 9.96. The molecule has 22 heavy (non-hydrogen) atoms. The molecule has 2 aromatic rings. The van der Waals surface area contributed by atoms with Gasteiger partial charge in [0.05, 0.1) is 12.3 Å². The average Bonchev–Trinajstić information content (AvgIpc) is 2.53. The highest BCUT2D eigenvalue weighted by atomic mass is 16.5. The fourth-order valence-electron chi connectivity index (χ4n) is 2.19. The topological polar surface area (TPSA) is 63.6 Å². The van der Waals surface area contributed by atoms with E-state index in [1.54, 1.807) is 0 Å². The normalized spacial score (nSPS) is 11.6. The van der Waals surface area contributed by atoms with E-state index >= 15 is 0 Å². The first-order valence-electron chi connectivity index (χ1n) is 7.11. The minimum Gasteiger partial charge on any atom is -0.481 e. The van der Waals surface area contributed by atoms with Gasteiger partial charge < -0.3 is 9.84 Å². The average molecular weight is 298 g/mol. The molecule has 0 radical (unpaired) electrons. The summed E-state index contributed by atoms with van der Waals surface area (Å²) in [6, 6.07) is 18.7. The second-order valence-electron chi connectivity index (χ2n) is 5.08. The molecule has 1 N–H and O–H groups in total. The van der Waals surface area contributed by atoms with Crippen molar-refractivity contribution in [1.29, 1.82) is 0 Å². The van der Waals surface area contributed by atoms with Crippen molar-refractivity contribution in [2.45, 2.75) is 19.4 Å². The summed E-state index contributed by atoms with van der Waals surface area (Å²) in [6.07, 6.45) is 0.128. The molecule has 0 amide bonds. The maximum absolute atomic E-state index is 12.2. The molecule has 4 heteroatoms. The predicted molar refractivity (Wildman–Crippen MR) is 82.1 cm³/mol. The molecule has 0 spiro atoms. The summed E-state index contributed by atoms with van der Waals surface area (Å²) in [7, 11) is 0. The van der Waals surface area contributed by atoms with E-state index in [2.05, 4.69) is 0 Å². The Kier molecular flexibility index (Phi) is 5.72. The van der Waals surface area contributed by atoms with Gasteiger partial charge in [0.15, 0.2) is 0 Å². The molecule has 0 saturated heterocycles. The third-order valence-corrected chi connectivity index (χ3v) is 3.30. The zero-order chi connectivity index (χ0) is 15.8. The maximum atomic E-state index is 12.2. The summed E-state index contributed by atoms with van der Waals surface area (Å²) in [5.41, 5.74) is 1.80. The van der Waals surface area contributed by atoms with Gasteiger partial charge in [-0.15, -0.1) is 0 Å². The molecule has 4 nitrogen and oxygen atoms in total. The van der Waals surface area contributed by atoms with Crippen molar-refractivity contribution in [2.24, 2.45) is 5.92 Å². The summed E-state index contributed by atoms with van der Waals surface area (Å²) in [4.78, 5) is 23.1. The molecule has 2 aromatic carbocycles. The van der Waals surface area contributed by atoms with E-state index in [0.717, 1.165) is 11.1 Å². The van der Waals surface area contributed by atoms with Crippen LogP contribution in [0.25, 0.3) is 0 Å². The highest BCUT2D eigenvalue weighted by Crippen LogP contribution is 2.15. The number of aliphatic carboxylic acids is 1. The van der Waals surface area contributed by atoms with Crippen LogP contribution in [0.4, 0.5) is 0 Å².